The third kappa shape index (κ3) is 5.01. The largest absolute Gasteiger partial charge is 0.573 e. The topological polar surface area (TPSA) is 107 Å². The van der Waals surface area contributed by atoms with Crippen molar-refractivity contribution in [3.8, 4) is 22.9 Å². The van der Waals surface area contributed by atoms with Crippen molar-refractivity contribution in [2.75, 3.05) is 0 Å². The smallest absolute Gasteiger partial charge is 0.406 e. The number of ether oxygens (including phenoxy) is 2. The Hall–Kier alpha value is -4.68. The van der Waals surface area contributed by atoms with Crippen LogP contribution in [-0.4, -0.2) is 37.2 Å². The number of H-pyrrole nitrogens is 1. The highest BCUT2D eigenvalue weighted by Gasteiger charge is 2.31. The Labute approximate surface area is 206 Å². The van der Waals surface area contributed by atoms with Gasteiger partial charge in [-0.2, -0.15) is 5.10 Å². The summed E-state index contributed by atoms with van der Waals surface area (Å²) in [6, 6.07) is 8.83. The first-order chi connectivity index (χ1) is 17.6. The summed E-state index contributed by atoms with van der Waals surface area (Å²) in [7, 11) is 1.68. The van der Waals surface area contributed by atoms with Gasteiger partial charge in [-0.15, -0.1) is 13.2 Å². The summed E-state index contributed by atoms with van der Waals surface area (Å²) in [4.78, 5) is 24.3. The van der Waals surface area contributed by atoms with Crippen LogP contribution in [0.5, 0.6) is 11.5 Å². The van der Waals surface area contributed by atoms with E-state index in [2.05, 4.69) is 30.1 Å². The molecule has 0 aliphatic rings. The fraction of sp³-hybridized carbons (Fsp3) is 0.167. The molecule has 0 unspecified atom stereocenters. The fourth-order valence-electron chi connectivity index (χ4n) is 3.85. The number of halogens is 4. The number of nitrogens with zero attached hydrogens (tertiary/aromatic N) is 4. The number of carbonyl (C=O) groups excluding carboxylic acids is 1. The van der Waals surface area contributed by atoms with Crippen LogP contribution >= 0.6 is 0 Å². The second-order valence-corrected chi connectivity index (χ2v) is 8.11. The van der Waals surface area contributed by atoms with Gasteiger partial charge in [0.1, 0.15) is 23.0 Å². The predicted molar refractivity (Wildman–Crippen MR) is 124 cm³/mol. The third-order valence-electron chi connectivity index (χ3n) is 5.53. The number of aryl methyl sites for hydroxylation is 1. The van der Waals surface area contributed by atoms with E-state index in [1.54, 1.807) is 26.1 Å². The minimum absolute atomic E-state index is 0.0782. The maximum absolute atomic E-state index is 13.7. The molecule has 13 heteroatoms. The standard InChI is InChI=1S/C24H18F4N6O3/c1-12(13-4-3-5-15(8-13)37-24(26,27)28)31-23(35)36-19-11-30-22-21(19)32-17(10-29-22)20-16-7-6-14(25)9-18(16)34(2)33-20/h3-12H,1-2H3,(H,29,30)(H,31,35)/t12-/m0/s1. The Morgan fingerprint density at radius 3 is 2.78 bits per heavy atom. The number of carbonyl (C=O) groups is 1. The normalized spacial score (nSPS) is 12.6. The van der Waals surface area contributed by atoms with E-state index in [0.717, 1.165) is 6.07 Å². The Morgan fingerprint density at radius 2 is 2.00 bits per heavy atom. The summed E-state index contributed by atoms with van der Waals surface area (Å²) in [6.45, 7) is 1.58. The summed E-state index contributed by atoms with van der Waals surface area (Å²) in [5.41, 5.74) is 2.39. The zero-order valence-electron chi connectivity index (χ0n) is 19.3. The van der Waals surface area contributed by atoms with Crippen LogP contribution in [0.25, 0.3) is 33.5 Å². The van der Waals surface area contributed by atoms with Crippen molar-refractivity contribution in [2.24, 2.45) is 7.05 Å². The van der Waals surface area contributed by atoms with E-state index in [1.165, 1.54) is 41.3 Å². The molecule has 0 aliphatic carbocycles. The Balaban J connectivity index is 1.36. The zero-order valence-corrected chi connectivity index (χ0v) is 19.3. The Morgan fingerprint density at radius 1 is 1.19 bits per heavy atom. The number of hydrogen-bond acceptors (Lipinski definition) is 6. The number of benzene rings is 2. The molecule has 0 bridgehead atoms. The molecular formula is C24H18F4N6O3. The second-order valence-electron chi connectivity index (χ2n) is 8.11. The van der Waals surface area contributed by atoms with E-state index in [4.69, 9.17) is 4.74 Å². The number of rotatable bonds is 5. The number of aromatic amines is 1. The molecule has 1 atom stereocenters. The van der Waals surface area contributed by atoms with Gasteiger partial charge in [-0.05, 0) is 42.8 Å². The summed E-state index contributed by atoms with van der Waals surface area (Å²) < 4.78 is 62.0. The van der Waals surface area contributed by atoms with E-state index in [1.807, 2.05) is 0 Å². The maximum Gasteiger partial charge on any atom is 0.573 e. The SMILES string of the molecule is C[C@H](NC(=O)Oc1c[nH]c2ncc(-c3nn(C)c4cc(F)ccc34)nc12)c1cccc(OC(F)(F)F)c1. The summed E-state index contributed by atoms with van der Waals surface area (Å²) in [5.74, 6) is -0.726. The lowest BCUT2D eigenvalue weighted by molar-refractivity contribution is -0.274. The van der Waals surface area contributed by atoms with Crippen LogP contribution in [0.1, 0.15) is 18.5 Å². The highest BCUT2D eigenvalue weighted by molar-refractivity contribution is 5.93. The number of fused-ring (bicyclic) bond motifs is 2. The quantitative estimate of drug-likeness (QED) is 0.304. The molecular weight excluding hydrogens is 496 g/mol. The van der Waals surface area contributed by atoms with Crippen LogP contribution in [-0.2, 0) is 7.05 Å². The van der Waals surface area contributed by atoms with Crippen LogP contribution in [0.15, 0.2) is 54.9 Å². The molecule has 2 aromatic carbocycles. The average Bonchev–Trinajstić information content (AvgIpc) is 3.38. The molecule has 5 rings (SSSR count). The van der Waals surface area contributed by atoms with Gasteiger partial charge in [0.15, 0.2) is 16.9 Å². The van der Waals surface area contributed by atoms with Crippen molar-refractivity contribution in [3.63, 3.8) is 0 Å². The van der Waals surface area contributed by atoms with Gasteiger partial charge in [-0.3, -0.25) is 4.68 Å². The summed E-state index contributed by atoms with van der Waals surface area (Å²) in [6.07, 6.45) is -2.79. The van der Waals surface area contributed by atoms with Crippen molar-refractivity contribution >= 4 is 28.2 Å². The van der Waals surface area contributed by atoms with Gasteiger partial charge in [-0.25, -0.2) is 19.2 Å². The lowest BCUT2D eigenvalue weighted by atomic mass is 10.1. The lowest BCUT2D eigenvalue weighted by Crippen LogP contribution is -2.29. The third-order valence-corrected chi connectivity index (χ3v) is 5.53. The molecule has 0 fully saturated rings. The van der Waals surface area contributed by atoms with Crippen LogP contribution in [0.3, 0.4) is 0 Å². The molecule has 0 aliphatic heterocycles. The van der Waals surface area contributed by atoms with Gasteiger partial charge in [0.05, 0.1) is 17.8 Å². The number of aromatic nitrogens is 5. The van der Waals surface area contributed by atoms with E-state index in [0.29, 0.717) is 33.5 Å². The molecule has 0 radical (unpaired) electrons. The molecule has 0 saturated carbocycles. The van der Waals surface area contributed by atoms with Gasteiger partial charge in [0.2, 0.25) is 0 Å². The second kappa shape index (κ2) is 9.08. The summed E-state index contributed by atoms with van der Waals surface area (Å²) in [5, 5.41) is 7.64. The highest BCUT2D eigenvalue weighted by Crippen LogP contribution is 2.30. The Kier molecular flexibility index (Phi) is 5.90. The molecule has 2 N–H and O–H groups in total. The highest BCUT2D eigenvalue weighted by atomic mass is 19.4. The maximum atomic E-state index is 13.7. The van der Waals surface area contributed by atoms with Crippen molar-refractivity contribution < 1.29 is 31.8 Å². The number of hydrogen-bond donors (Lipinski definition) is 2. The summed E-state index contributed by atoms with van der Waals surface area (Å²) >= 11 is 0. The van der Waals surface area contributed by atoms with E-state index >= 15 is 0 Å². The molecule has 0 spiro atoms. The minimum Gasteiger partial charge on any atom is -0.406 e. The number of nitrogens with one attached hydrogen (secondary N) is 2. The van der Waals surface area contributed by atoms with Crippen LogP contribution in [0.4, 0.5) is 22.4 Å². The van der Waals surface area contributed by atoms with Crippen molar-refractivity contribution in [1.29, 1.82) is 0 Å². The first kappa shape index (κ1) is 24.0. The van der Waals surface area contributed by atoms with Crippen LogP contribution < -0.4 is 14.8 Å². The molecule has 0 saturated heterocycles. The molecule has 37 heavy (non-hydrogen) atoms. The predicted octanol–water partition coefficient (Wildman–Crippen LogP) is 5.40. The molecule has 190 valence electrons. The van der Waals surface area contributed by atoms with Crippen molar-refractivity contribution in [1.82, 2.24) is 30.0 Å². The van der Waals surface area contributed by atoms with Crippen molar-refractivity contribution in [2.45, 2.75) is 19.3 Å². The molecule has 3 heterocycles. The monoisotopic (exact) mass is 514 g/mol. The fourth-order valence-corrected chi connectivity index (χ4v) is 3.85. The van der Waals surface area contributed by atoms with E-state index < -0.39 is 30.1 Å². The van der Waals surface area contributed by atoms with Gasteiger partial charge in [0.25, 0.3) is 0 Å². The van der Waals surface area contributed by atoms with E-state index in [-0.39, 0.29) is 11.3 Å². The van der Waals surface area contributed by atoms with Gasteiger partial charge < -0.3 is 19.8 Å². The Bertz CT molecular complexity index is 1630. The van der Waals surface area contributed by atoms with Gasteiger partial charge in [0, 0.05) is 18.6 Å². The lowest BCUT2D eigenvalue weighted by Gasteiger charge is -2.15. The van der Waals surface area contributed by atoms with Crippen molar-refractivity contribution in [3.05, 3.63) is 66.2 Å². The first-order valence-electron chi connectivity index (χ1n) is 10.9. The van der Waals surface area contributed by atoms with E-state index in [9.17, 15) is 22.4 Å². The molecule has 3 aromatic heterocycles. The number of alkyl halides is 3. The van der Waals surface area contributed by atoms with Gasteiger partial charge >= 0.3 is 12.5 Å². The van der Waals surface area contributed by atoms with Crippen LogP contribution in [0, 0.1) is 5.82 Å². The average molecular weight is 514 g/mol. The van der Waals surface area contributed by atoms with Gasteiger partial charge in [-0.1, -0.05) is 12.1 Å². The van der Waals surface area contributed by atoms with Crippen LogP contribution in [0.2, 0.25) is 0 Å². The first-order valence-corrected chi connectivity index (χ1v) is 10.9. The number of amides is 1. The molecule has 5 aromatic rings. The minimum atomic E-state index is -4.83. The molecule has 9 nitrogen and oxygen atoms in total. The molecule has 1 amide bonds. The zero-order chi connectivity index (χ0) is 26.3.